The van der Waals surface area contributed by atoms with Gasteiger partial charge in [-0.05, 0) is 0 Å². The number of nitrogens with one attached hydrogen (secondary N) is 1. The van der Waals surface area contributed by atoms with Crippen LogP contribution in [0.3, 0.4) is 0 Å². The molecule has 0 saturated heterocycles. The molecule has 0 unspecified atom stereocenters. The van der Waals surface area contributed by atoms with E-state index in [-0.39, 0.29) is 22.7 Å². The van der Waals surface area contributed by atoms with Crippen molar-refractivity contribution < 1.29 is 13.2 Å². The maximum Gasteiger partial charge on any atom is 0.433 e. The van der Waals surface area contributed by atoms with Crippen molar-refractivity contribution in [2.45, 2.75) is 50.5 Å². The molecule has 2 heterocycles. The average molecular weight is 291 g/mol. The number of thioether (sulfide) groups is 1. The van der Waals surface area contributed by atoms with Crippen molar-refractivity contribution in [2.75, 3.05) is 0 Å². The van der Waals surface area contributed by atoms with Crippen LogP contribution in [0.25, 0.3) is 0 Å². The minimum atomic E-state index is -4.42. The number of halogens is 3. The molecule has 0 atom stereocenters. The Balaban J connectivity index is 2.32. The molecule has 0 aromatic carbocycles. The van der Waals surface area contributed by atoms with Gasteiger partial charge >= 0.3 is 6.18 Å². The SMILES string of the molecule is CC(C)(C)SCc1nc2c(c(C(F)(F)F)n1)CNC2. The highest BCUT2D eigenvalue weighted by Crippen LogP contribution is 2.34. The first-order valence-corrected chi connectivity index (χ1v) is 6.96. The Morgan fingerprint density at radius 1 is 1.16 bits per heavy atom. The molecule has 0 aliphatic carbocycles. The molecule has 0 spiro atoms. The van der Waals surface area contributed by atoms with Crippen molar-refractivity contribution in [2.24, 2.45) is 0 Å². The Hall–Kier alpha value is -0.820. The Morgan fingerprint density at radius 2 is 1.84 bits per heavy atom. The molecule has 0 amide bonds. The summed E-state index contributed by atoms with van der Waals surface area (Å²) >= 11 is 1.54. The van der Waals surface area contributed by atoms with Crippen LogP contribution < -0.4 is 5.32 Å². The number of hydrogen-bond acceptors (Lipinski definition) is 4. The normalized spacial score (nSPS) is 15.7. The quantitative estimate of drug-likeness (QED) is 0.908. The highest BCUT2D eigenvalue weighted by molar-refractivity contribution is 7.99. The lowest BCUT2D eigenvalue weighted by Crippen LogP contribution is -2.16. The van der Waals surface area contributed by atoms with Crippen LogP contribution in [0.4, 0.5) is 13.2 Å². The number of hydrogen-bond donors (Lipinski definition) is 1. The fourth-order valence-electron chi connectivity index (χ4n) is 1.80. The summed E-state index contributed by atoms with van der Waals surface area (Å²) in [5.74, 6) is 0.648. The van der Waals surface area contributed by atoms with Gasteiger partial charge in [-0.3, -0.25) is 0 Å². The summed E-state index contributed by atoms with van der Waals surface area (Å²) in [7, 11) is 0. The number of fused-ring (bicyclic) bond motifs is 1. The molecule has 1 aliphatic heterocycles. The van der Waals surface area contributed by atoms with Crippen molar-refractivity contribution in [1.82, 2.24) is 15.3 Å². The van der Waals surface area contributed by atoms with Crippen LogP contribution in [0.5, 0.6) is 0 Å². The van der Waals surface area contributed by atoms with Gasteiger partial charge in [0.25, 0.3) is 0 Å². The van der Waals surface area contributed by atoms with Gasteiger partial charge < -0.3 is 5.32 Å². The van der Waals surface area contributed by atoms with Gasteiger partial charge in [0.2, 0.25) is 0 Å². The highest BCUT2D eigenvalue weighted by Gasteiger charge is 2.38. The summed E-state index contributed by atoms with van der Waals surface area (Å²) in [6.07, 6.45) is -4.42. The third-order valence-electron chi connectivity index (χ3n) is 2.64. The summed E-state index contributed by atoms with van der Waals surface area (Å²) in [6.45, 7) is 6.61. The second-order valence-electron chi connectivity index (χ2n) is 5.42. The van der Waals surface area contributed by atoms with Crippen molar-refractivity contribution in [3.8, 4) is 0 Å². The molecule has 2 rings (SSSR count). The topological polar surface area (TPSA) is 37.8 Å². The van der Waals surface area contributed by atoms with Crippen molar-refractivity contribution in [1.29, 1.82) is 0 Å². The van der Waals surface area contributed by atoms with E-state index in [9.17, 15) is 13.2 Å². The summed E-state index contributed by atoms with van der Waals surface area (Å²) < 4.78 is 38.9. The van der Waals surface area contributed by atoms with Gasteiger partial charge in [0.15, 0.2) is 5.69 Å². The molecular weight excluding hydrogens is 275 g/mol. The lowest BCUT2D eigenvalue weighted by atomic mass is 10.2. The zero-order valence-corrected chi connectivity index (χ0v) is 11.9. The van der Waals surface area contributed by atoms with Crippen LogP contribution in [0, 0.1) is 0 Å². The van der Waals surface area contributed by atoms with Crippen molar-refractivity contribution in [3.63, 3.8) is 0 Å². The molecule has 1 aliphatic rings. The second-order valence-corrected chi connectivity index (χ2v) is 7.22. The molecular formula is C12H16F3N3S. The summed E-state index contributed by atoms with van der Waals surface area (Å²) in [4.78, 5) is 7.96. The first kappa shape index (κ1) is 14.6. The summed E-state index contributed by atoms with van der Waals surface area (Å²) in [6, 6.07) is 0. The fraction of sp³-hybridized carbons (Fsp3) is 0.667. The predicted molar refractivity (Wildman–Crippen MR) is 68.6 cm³/mol. The first-order chi connectivity index (χ1) is 8.67. The van der Waals surface area contributed by atoms with E-state index in [2.05, 4.69) is 15.3 Å². The van der Waals surface area contributed by atoms with E-state index in [4.69, 9.17) is 0 Å². The van der Waals surface area contributed by atoms with E-state index in [1.807, 2.05) is 20.8 Å². The number of nitrogens with zero attached hydrogens (tertiary/aromatic N) is 2. The smallest absolute Gasteiger partial charge is 0.307 e. The predicted octanol–water partition coefficient (Wildman–Crippen LogP) is 3.13. The van der Waals surface area contributed by atoms with Gasteiger partial charge in [-0.15, -0.1) is 11.8 Å². The van der Waals surface area contributed by atoms with Gasteiger partial charge in [-0.2, -0.15) is 13.2 Å². The molecule has 0 radical (unpaired) electrons. The molecule has 19 heavy (non-hydrogen) atoms. The van der Waals surface area contributed by atoms with Crippen LogP contribution in [0.15, 0.2) is 0 Å². The van der Waals surface area contributed by atoms with Crippen molar-refractivity contribution in [3.05, 3.63) is 22.8 Å². The molecule has 3 nitrogen and oxygen atoms in total. The lowest BCUT2D eigenvalue weighted by Gasteiger charge is -2.18. The van der Waals surface area contributed by atoms with Gasteiger partial charge in [0, 0.05) is 23.4 Å². The largest absolute Gasteiger partial charge is 0.433 e. The van der Waals surface area contributed by atoms with E-state index < -0.39 is 11.9 Å². The maximum absolute atomic E-state index is 13.0. The molecule has 106 valence electrons. The van der Waals surface area contributed by atoms with E-state index >= 15 is 0 Å². The fourth-order valence-corrected chi connectivity index (χ4v) is 2.49. The number of rotatable bonds is 2. The van der Waals surface area contributed by atoms with Gasteiger partial charge in [0.05, 0.1) is 11.4 Å². The first-order valence-electron chi connectivity index (χ1n) is 5.97. The molecule has 1 N–H and O–H groups in total. The molecule has 1 aromatic rings. The van der Waals surface area contributed by atoms with Crippen molar-refractivity contribution >= 4 is 11.8 Å². The summed E-state index contributed by atoms with van der Waals surface area (Å²) in [5.41, 5.74) is -0.115. The van der Waals surface area contributed by atoms with Crippen LogP contribution >= 0.6 is 11.8 Å². The highest BCUT2D eigenvalue weighted by atomic mass is 32.2. The van der Waals surface area contributed by atoms with Crippen LogP contribution in [0.1, 0.15) is 43.5 Å². The second kappa shape index (κ2) is 4.94. The van der Waals surface area contributed by atoms with Crippen LogP contribution in [-0.4, -0.2) is 14.7 Å². The number of alkyl halides is 3. The molecule has 7 heteroatoms. The average Bonchev–Trinajstić information content (AvgIpc) is 2.70. The standard InChI is InChI=1S/C12H16F3N3S/c1-11(2,3)19-6-9-17-8-5-16-4-7(8)10(18-9)12(13,14)15/h16H,4-6H2,1-3H3. The zero-order valence-electron chi connectivity index (χ0n) is 11.1. The van der Waals surface area contributed by atoms with Gasteiger partial charge in [0.1, 0.15) is 5.82 Å². The van der Waals surface area contributed by atoms with Crippen LogP contribution in [-0.2, 0) is 25.0 Å². The molecule has 0 saturated carbocycles. The molecule has 0 bridgehead atoms. The van der Waals surface area contributed by atoms with Gasteiger partial charge in [-0.1, -0.05) is 20.8 Å². The van der Waals surface area contributed by atoms with E-state index in [1.54, 1.807) is 0 Å². The Labute approximate surface area is 114 Å². The minimum Gasteiger partial charge on any atom is -0.307 e. The minimum absolute atomic E-state index is 0.0288. The Bertz CT molecular complexity index is 480. The maximum atomic E-state index is 13.0. The van der Waals surface area contributed by atoms with Gasteiger partial charge in [-0.25, -0.2) is 9.97 Å². The Kier molecular flexibility index (Phi) is 3.79. The lowest BCUT2D eigenvalue weighted by molar-refractivity contribution is -0.142. The third-order valence-corrected chi connectivity index (χ3v) is 3.90. The third kappa shape index (κ3) is 3.60. The monoisotopic (exact) mass is 291 g/mol. The van der Waals surface area contributed by atoms with Crippen LogP contribution in [0.2, 0.25) is 0 Å². The zero-order chi connectivity index (χ0) is 14.3. The molecule has 0 fully saturated rings. The molecule has 1 aromatic heterocycles. The van der Waals surface area contributed by atoms with E-state index in [0.29, 0.717) is 18.0 Å². The van der Waals surface area contributed by atoms with E-state index in [1.165, 1.54) is 11.8 Å². The Morgan fingerprint density at radius 3 is 2.42 bits per heavy atom. The number of aromatic nitrogens is 2. The summed E-state index contributed by atoms with van der Waals surface area (Å²) in [5, 5.41) is 2.89. The van der Waals surface area contributed by atoms with E-state index in [0.717, 1.165) is 0 Å².